The third-order valence-corrected chi connectivity index (χ3v) is 14.7. The van der Waals surface area contributed by atoms with Gasteiger partial charge in [0.25, 0.3) is 5.56 Å². The zero-order valence-electron chi connectivity index (χ0n) is 34.5. The first-order valence-corrected chi connectivity index (χ1v) is 23.8. The summed E-state index contributed by atoms with van der Waals surface area (Å²) in [5, 5.41) is 12.1. The Hall–Kier alpha value is -4.47. The van der Waals surface area contributed by atoms with E-state index in [0.717, 1.165) is 0 Å². The van der Waals surface area contributed by atoms with Crippen molar-refractivity contribution in [2.75, 3.05) is 44.5 Å². The minimum Gasteiger partial charge on any atom is -0.432 e. The average Bonchev–Trinajstić information content (AvgIpc) is 3.96. The first-order chi connectivity index (χ1) is 29.8. The highest BCUT2D eigenvalue weighted by atomic mass is 32.7. The Morgan fingerprint density at radius 3 is 2.41 bits per heavy atom. The summed E-state index contributed by atoms with van der Waals surface area (Å²) in [4.78, 5) is 60.7. The molecule has 0 aromatic carbocycles. The van der Waals surface area contributed by atoms with E-state index in [0.29, 0.717) is 11.4 Å². The molecule has 0 spiro atoms. The monoisotopic (exact) mass is 948 g/mol. The number of nitrogen functional groups attached to an aromatic ring is 2. The molecular weight excluding hydrogens is 902 g/mol. The predicted molar refractivity (Wildman–Crippen MR) is 215 cm³/mol. The number of carbonyl (C=O) groups excluding carboxylic acids is 2. The second-order valence-electron chi connectivity index (χ2n) is 15.2. The third kappa shape index (κ3) is 9.95. The standard InChI is InChI=1S/C33H46N10O17P2S/c1-15(2)56-31(46)51-13-55-61(48)54-9-33(5)7-17(42-11-38-19-25(34)36-10-37-26(19)42)21(44)24(33)60-62(49,63-14-52-32(47)57-16(3)4)53-8-18-22(50-6)23(59-61)29(58-18)43-12-39-20-27(43)40-30(35)41-28(20)45/h10-12,15-18,21-24,29,44H,7-9,13-14H2,1-6H3,(H2,34,36,37)(H3,35,40,41,45)/t17-,18-,21+,22-,23-,24+,29-,33-,61+,62+/m1/s1. The van der Waals surface area contributed by atoms with Crippen LogP contribution in [-0.2, 0) is 60.2 Å². The Labute approximate surface area is 360 Å². The lowest BCUT2D eigenvalue weighted by atomic mass is 9.87. The number of ether oxygens (including phenoxy) is 6. The van der Waals surface area contributed by atoms with Gasteiger partial charge in [-0.05, 0) is 34.1 Å². The molecule has 6 heterocycles. The Morgan fingerprint density at radius 1 is 1.00 bits per heavy atom. The zero-order valence-corrected chi connectivity index (χ0v) is 37.1. The van der Waals surface area contributed by atoms with Crippen molar-refractivity contribution in [2.24, 2.45) is 5.41 Å². The number of nitrogens with two attached hydrogens (primary N) is 2. The molecule has 0 amide bonds. The summed E-state index contributed by atoms with van der Waals surface area (Å²) >= 11 is 0.455. The van der Waals surface area contributed by atoms with E-state index >= 15 is 9.13 Å². The van der Waals surface area contributed by atoms with Crippen molar-refractivity contribution in [3.63, 3.8) is 0 Å². The van der Waals surface area contributed by atoms with E-state index in [1.165, 1.54) is 35.2 Å². The number of fused-ring (bicyclic) bond motifs is 5. The summed E-state index contributed by atoms with van der Waals surface area (Å²) in [6.45, 7) is 1.10. The molecule has 7 rings (SSSR count). The van der Waals surface area contributed by atoms with E-state index in [-0.39, 0.29) is 40.5 Å². The van der Waals surface area contributed by atoms with Crippen LogP contribution in [0.2, 0.25) is 0 Å². The smallest absolute Gasteiger partial charge is 0.432 e. The molecule has 3 aliphatic rings. The highest BCUT2D eigenvalue weighted by Crippen LogP contribution is 2.66. The van der Waals surface area contributed by atoms with Gasteiger partial charge in [-0.1, -0.05) is 6.92 Å². The first-order valence-electron chi connectivity index (χ1n) is 19.2. The highest BCUT2D eigenvalue weighted by Gasteiger charge is 2.58. The van der Waals surface area contributed by atoms with Crippen LogP contribution < -0.4 is 17.0 Å². The number of H-pyrrole nitrogens is 1. The normalized spacial score (nSPS) is 31.3. The van der Waals surface area contributed by atoms with Crippen LogP contribution in [0.1, 0.15) is 53.3 Å². The SMILES string of the molecule is CO[C@H]1[C@H]2O[P@](=O)(OCOC(=O)OC(C)C)OC[C@@]3(C)C[C@@H](n4cnc5c(N)ncnc54)[C@H](O)[C@@H]3O[P@@](=O)(SCOC(=O)OC(C)C)OC[C@H]1O[C@H]2n1cnc2c(=O)[nH]c(N)nc21. The number of phosphoric ester groups is 1. The van der Waals surface area contributed by atoms with Crippen LogP contribution in [-0.4, -0.2) is 132 Å². The van der Waals surface area contributed by atoms with Gasteiger partial charge in [-0.15, -0.1) is 0 Å². The fourth-order valence-electron chi connectivity index (χ4n) is 7.23. The van der Waals surface area contributed by atoms with Crippen LogP contribution in [0.5, 0.6) is 0 Å². The molecule has 2 saturated heterocycles. The predicted octanol–water partition coefficient (Wildman–Crippen LogP) is 3.17. The van der Waals surface area contributed by atoms with E-state index in [1.54, 1.807) is 34.6 Å². The quantitative estimate of drug-likeness (QED) is 0.0952. The second-order valence-corrected chi connectivity index (χ2v) is 20.8. The van der Waals surface area contributed by atoms with Crippen molar-refractivity contribution in [3.8, 4) is 0 Å². The van der Waals surface area contributed by atoms with E-state index < -0.39 is 119 Å². The lowest BCUT2D eigenvalue weighted by Gasteiger charge is -2.35. The molecule has 2 aliphatic heterocycles. The molecule has 2 bridgehead atoms. The van der Waals surface area contributed by atoms with Gasteiger partial charge < -0.3 is 49.6 Å². The average molecular weight is 949 g/mol. The molecule has 0 radical (unpaired) electrons. The van der Waals surface area contributed by atoms with Crippen LogP contribution in [0.3, 0.4) is 0 Å². The van der Waals surface area contributed by atoms with Gasteiger partial charge in [0.2, 0.25) is 12.7 Å². The van der Waals surface area contributed by atoms with Crippen LogP contribution in [0.25, 0.3) is 22.3 Å². The summed E-state index contributed by atoms with van der Waals surface area (Å²) in [7, 11) is -3.75. The molecule has 3 fully saturated rings. The summed E-state index contributed by atoms with van der Waals surface area (Å²) in [5.74, 6) is -0.811. The Bertz CT molecular complexity index is 2470. The number of nitrogens with one attached hydrogen (secondary N) is 1. The first kappa shape index (κ1) is 46.5. The maximum absolute atomic E-state index is 15.0. The van der Waals surface area contributed by atoms with Crippen molar-refractivity contribution in [2.45, 2.75) is 96.0 Å². The van der Waals surface area contributed by atoms with E-state index in [9.17, 15) is 19.5 Å². The molecule has 1 aliphatic carbocycles. The summed E-state index contributed by atoms with van der Waals surface area (Å²) in [6, 6.07) is -0.943. The van der Waals surface area contributed by atoms with Crippen LogP contribution in [0.4, 0.5) is 21.4 Å². The molecule has 4 aromatic heterocycles. The van der Waals surface area contributed by atoms with Crippen molar-refractivity contribution in [1.82, 2.24) is 39.0 Å². The van der Waals surface area contributed by atoms with Gasteiger partial charge in [-0.3, -0.25) is 32.4 Å². The van der Waals surface area contributed by atoms with Gasteiger partial charge in [0.15, 0.2) is 34.8 Å². The molecule has 4 aromatic rings. The molecule has 30 heteroatoms. The zero-order chi connectivity index (χ0) is 45.4. The Kier molecular flexibility index (Phi) is 13.7. The number of methoxy groups -OCH3 is 1. The van der Waals surface area contributed by atoms with E-state index in [4.69, 9.17) is 62.5 Å². The van der Waals surface area contributed by atoms with Crippen molar-refractivity contribution >= 4 is 72.4 Å². The molecule has 346 valence electrons. The minimum atomic E-state index is -5.01. The minimum absolute atomic E-state index is 0.0611. The number of anilines is 2. The number of carbonyl (C=O) groups is 2. The lowest BCUT2D eigenvalue weighted by molar-refractivity contribution is -0.0733. The Balaban J connectivity index is 1.30. The van der Waals surface area contributed by atoms with Gasteiger partial charge in [0, 0.05) is 23.9 Å². The van der Waals surface area contributed by atoms with Crippen molar-refractivity contribution in [3.05, 3.63) is 29.3 Å². The molecule has 1 saturated carbocycles. The molecule has 10 atom stereocenters. The summed E-state index contributed by atoms with van der Waals surface area (Å²) in [5.41, 5.74) is 10.0. The topological polar surface area (TPSA) is 349 Å². The molecular formula is C33H46N10O17P2S. The third-order valence-electron chi connectivity index (χ3n) is 9.98. The van der Waals surface area contributed by atoms with Gasteiger partial charge in [0.05, 0.1) is 44.1 Å². The van der Waals surface area contributed by atoms with Crippen LogP contribution >= 0.6 is 26.0 Å². The van der Waals surface area contributed by atoms with Crippen LogP contribution in [0.15, 0.2) is 23.8 Å². The largest absolute Gasteiger partial charge is 0.510 e. The van der Waals surface area contributed by atoms with Crippen LogP contribution in [0, 0.1) is 5.41 Å². The van der Waals surface area contributed by atoms with Crippen molar-refractivity contribution in [1.29, 1.82) is 0 Å². The van der Waals surface area contributed by atoms with Gasteiger partial charge in [0.1, 0.15) is 42.4 Å². The number of aliphatic hydroxyl groups excluding tert-OH is 1. The lowest BCUT2D eigenvalue weighted by Crippen LogP contribution is -2.39. The second kappa shape index (κ2) is 18.6. The maximum atomic E-state index is 15.0. The van der Waals surface area contributed by atoms with Gasteiger partial charge in [-0.2, -0.15) is 4.98 Å². The fourth-order valence-corrected chi connectivity index (χ4v) is 11.5. The summed E-state index contributed by atoms with van der Waals surface area (Å²) in [6.07, 6.45) is -8.14. The number of aromatic nitrogens is 8. The molecule has 0 unspecified atom stereocenters. The number of nitrogens with zero attached hydrogens (tertiary/aromatic N) is 7. The molecule has 63 heavy (non-hydrogen) atoms. The number of phosphoric acid groups is 1. The fraction of sp³-hybridized carbons (Fsp3) is 0.636. The Morgan fingerprint density at radius 2 is 1.70 bits per heavy atom. The number of aromatic amines is 1. The number of rotatable bonds is 11. The van der Waals surface area contributed by atoms with E-state index in [1.807, 2.05) is 0 Å². The van der Waals surface area contributed by atoms with Crippen molar-refractivity contribution < 1.29 is 74.9 Å². The number of hydrogen-bond acceptors (Lipinski definition) is 25. The highest BCUT2D eigenvalue weighted by molar-refractivity contribution is 8.55. The van der Waals surface area contributed by atoms with Gasteiger partial charge >= 0.3 is 26.9 Å². The maximum Gasteiger partial charge on any atom is 0.510 e. The van der Waals surface area contributed by atoms with E-state index in [2.05, 4.69) is 29.9 Å². The molecule has 6 N–H and O–H groups in total. The summed E-state index contributed by atoms with van der Waals surface area (Å²) < 4.78 is 95.4. The van der Waals surface area contributed by atoms with Gasteiger partial charge in [-0.25, -0.2) is 43.2 Å². The number of imidazole rings is 2. The number of hydrogen-bond donors (Lipinski definition) is 4. The molecule has 27 nitrogen and oxygen atoms in total. The number of aliphatic hydroxyl groups is 1.